The molecular formula is C37H45N7O4S. The van der Waals surface area contributed by atoms with Crippen LogP contribution in [-0.2, 0) is 27.2 Å². The van der Waals surface area contributed by atoms with E-state index < -0.39 is 29.9 Å². The van der Waals surface area contributed by atoms with Crippen molar-refractivity contribution in [1.29, 1.82) is 0 Å². The molecule has 0 radical (unpaired) electrons. The number of nitrogens with zero attached hydrogens (tertiary/aromatic N) is 2. The Morgan fingerprint density at radius 1 is 0.755 bits per heavy atom. The highest BCUT2D eigenvalue weighted by molar-refractivity contribution is 7.20. The van der Waals surface area contributed by atoms with Gasteiger partial charge in [0, 0.05) is 13.0 Å². The molecule has 0 fully saturated rings. The van der Waals surface area contributed by atoms with Gasteiger partial charge in [-0.1, -0.05) is 86.6 Å². The second-order valence-electron chi connectivity index (χ2n) is 12.2. The highest BCUT2D eigenvalue weighted by Crippen LogP contribution is 2.23. The molecule has 0 aliphatic heterocycles. The fourth-order valence-electron chi connectivity index (χ4n) is 5.34. The van der Waals surface area contributed by atoms with Crippen molar-refractivity contribution in [2.45, 2.75) is 70.5 Å². The summed E-state index contributed by atoms with van der Waals surface area (Å²) in [4.78, 5) is 62.9. The van der Waals surface area contributed by atoms with Gasteiger partial charge in [-0.05, 0) is 61.3 Å². The van der Waals surface area contributed by atoms with Gasteiger partial charge in [0.05, 0.1) is 16.3 Å². The van der Waals surface area contributed by atoms with E-state index in [1.165, 1.54) is 11.3 Å². The number of carbonyl (C=O) groups excluding carboxylic acids is 4. The predicted molar refractivity (Wildman–Crippen MR) is 194 cm³/mol. The number of hydrogen-bond acceptors (Lipinski definition) is 7. The van der Waals surface area contributed by atoms with Crippen LogP contribution in [0.1, 0.15) is 60.5 Å². The molecule has 258 valence electrons. The fourth-order valence-corrected chi connectivity index (χ4v) is 6.30. The molecule has 1 aromatic heterocycles. The molecule has 4 rings (SSSR count). The van der Waals surface area contributed by atoms with Crippen molar-refractivity contribution >= 4 is 51.0 Å². The average Bonchev–Trinajstić information content (AvgIpc) is 3.54. The molecule has 4 aromatic rings. The van der Waals surface area contributed by atoms with Crippen LogP contribution >= 0.6 is 11.3 Å². The molecule has 49 heavy (non-hydrogen) atoms. The maximum absolute atomic E-state index is 13.8. The minimum Gasteiger partial charge on any atom is -0.370 e. The van der Waals surface area contributed by atoms with Gasteiger partial charge in [-0.3, -0.25) is 24.2 Å². The summed E-state index contributed by atoms with van der Waals surface area (Å²) in [5.41, 5.74) is 13.7. The van der Waals surface area contributed by atoms with E-state index in [-0.39, 0.29) is 48.0 Å². The number of rotatable bonds is 18. The Labute approximate surface area is 291 Å². The third-order valence-corrected chi connectivity index (χ3v) is 9.08. The molecule has 0 saturated heterocycles. The van der Waals surface area contributed by atoms with Crippen molar-refractivity contribution in [1.82, 2.24) is 20.9 Å². The zero-order valence-electron chi connectivity index (χ0n) is 27.9. The third kappa shape index (κ3) is 11.5. The lowest BCUT2D eigenvalue weighted by Gasteiger charge is -2.27. The van der Waals surface area contributed by atoms with E-state index in [1.807, 2.05) is 98.8 Å². The predicted octanol–water partition coefficient (Wildman–Crippen LogP) is 3.91. The Morgan fingerprint density at radius 2 is 1.39 bits per heavy atom. The summed E-state index contributed by atoms with van der Waals surface area (Å²) < 4.78 is 0.858. The number of ketones is 1. The van der Waals surface area contributed by atoms with Crippen LogP contribution in [0.3, 0.4) is 0 Å². The molecule has 11 nitrogen and oxygen atoms in total. The van der Waals surface area contributed by atoms with Crippen molar-refractivity contribution in [2.24, 2.45) is 22.4 Å². The maximum Gasteiger partial charge on any atom is 0.243 e. The van der Waals surface area contributed by atoms with Gasteiger partial charge in [-0.15, -0.1) is 11.3 Å². The molecule has 0 saturated carbocycles. The van der Waals surface area contributed by atoms with Crippen LogP contribution in [0.5, 0.6) is 0 Å². The first kappa shape index (κ1) is 36.7. The molecular weight excluding hydrogens is 639 g/mol. The van der Waals surface area contributed by atoms with Crippen molar-refractivity contribution in [2.75, 3.05) is 6.54 Å². The number of Topliss-reactive ketones (excluding diaryl/α,β-unsaturated/α-hetero) is 1. The van der Waals surface area contributed by atoms with Gasteiger partial charge in [-0.2, -0.15) is 0 Å². The monoisotopic (exact) mass is 683 g/mol. The summed E-state index contributed by atoms with van der Waals surface area (Å²) in [6, 6.07) is 24.0. The van der Waals surface area contributed by atoms with Gasteiger partial charge in [0.1, 0.15) is 12.1 Å². The standard InChI is InChI=1S/C37H45N7O4S/c1-24(2)32(35(48)42-28(17-11-23-40-37(38)39)33(46)36-43-27-16-9-10-18-30(27)49-36)44-34(47)29(21-19-25-12-5-3-6-13-25)41-31(45)22-20-26-14-7-4-8-15-26/h3-10,12-16,18,24,28-29,32H,11,17,19-23H2,1-2H3,(H,41,45)(H,42,48)(H,44,47)(H4,38,39,40)/t28-,29-,32+/m0/s1. The van der Waals surface area contributed by atoms with E-state index in [1.54, 1.807) is 0 Å². The van der Waals surface area contributed by atoms with Crippen molar-refractivity contribution in [3.05, 3.63) is 101 Å². The van der Waals surface area contributed by atoms with E-state index >= 15 is 0 Å². The number of fused-ring (bicyclic) bond motifs is 1. The van der Waals surface area contributed by atoms with E-state index in [2.05, 4.69) is 25.9 Å². The SMILES string of the molecule is CC(C)[C@@H](NC(=O)[C@H](CCc1ccccc1)NC(=O)CCc1ccccc1)C(=O)N[C@@H](CCCN=C(N)N)C(=O)c1nc2ccccc2s1. The fraction of sp³-hybridized carbons (Fsp3) is 0.351. The average molecular weight is 684 g/mol. The first-order valence-electron chi connectivity index (χ1n) is 16.5. The highest BCUT2D eigenvalue weighted by Gasteiger charge is 2.32. The van der Waals surface area contributed by atoms with Crippen molar-refractivity contribution in [3.63, 3.8) is 0 Å². The van der Waals surface area contributed by atoms with Crippen LogP contribution in [0.4, 0.5) is 0 Å². The number of nitrogens with one attached hydrogen (secondary N) is 3. The summed E-state index contributed by atoms with van der Waals surface area (Å²) in [6.07, 6.45) is 2.31. The number of thiazole rings is 1. The highest BCUT2D eigenvalue weighted by atomic mass is 32.1. The number of carbonyl (C=O) groups is 4. The second-order valence-corrected chi connectivity index (χ2v) is 13.3. The van der Waals surface area contributed by atoms with Gasteiger partial charge in [-0.25, -0.2) is 4.98 Å². The number of aromatic nitrogens is 1. The Hall–Kier alpha value is -5.10. The minimum absolute atomic E-state index is 0.0605. The summed E-state index contributed by atoms with van der Waals surface area (Å²) >= 11 is 1.26. The zero-order chi connectivity index (χ0) is 35.2. The topological polar surface area (TPSA) is 182 Å². The Bertz CT molecular complexity index is 1690. The maximum atomic E-state index is 13.8. The molecule has 3 aromatic carbocycles. The van der Waals surface area contributed by atoms with Gasteiger partial charge < -0.3 is 27.4 Å². The lowest BCUT2D eigenvalue weighted by molar-refractivity contribution is -0.133. The van der Waals surface area contributed by atoms with Crippen molar-refractivity contribution in [3.8, 4) is 0 Å². The normalized spacial score (nSPS) is 12.9. The number of para-hydroxylation sites is 1. The molecule has 0 aliphatic carbocycles. The molecule has 1 heterocycles. The van der Waals surface area contributed by atoms with Crippen LogP contribution in [0, 0.1) is 5.92 Å². The second kappa shape index (κ2) is 18.4. The number of aryl methyl sites for hydroxylation is 2. The van der Waals surface area contributed by atoms with Gasteiger partial charge in [0.15, 0.2) is 11.0 Å². The van der Waals surface area contributed by atoms with Crippen LogP contribution in [0.25, 0.3) is 10.2 Å². The largest absolute Gasteiger partial charge is 0.370 e. The number of nitrogens with two attached hydrogens (primary N) is 2. The summed E-state index contributed by atoms with van der Waals surface area (Å²) in [5, 5.41) is 8.93. The number of aliphatic imine (C=N–C) groups is 1. The van der Waals surface area contributed by atoms with Gasteiger partial charge in [0.2, 0.25) is 23.5 Å². The Kier molecular flexibility index (Phi) is 13.8. The molecule has 7 N–H and O–H groups in total. The van der Waals surface area contributed by atoms with E-state index in [9.17, 15) is 19.2 Å². The zero-order valence-corrected chi connectivity index (χ0v) is 28.7. The Morgan fingerprint density at radius 3 is 2.02 bits per heavy atom. The van der Waals surface area contributed by atoms with Crippen LogP contribution < -0.4 is 27.4 Å². The van der Waals surface area contributed by atoms with E-state index in [0.717, 1.165) is 15.8 Å². The lowest BCUT2D eigenvalue weighted by Crippen LogP contribution is -2.57. The lowest BCUT2D eigenvalue weighted by atomic mass is 9.99. The van der Waals surface area contributed by atoms with Crippen LogP contribution in [0.15, 0.2) is 89.9 Å². The first-order chi connectivity index (χ1) is 23.6. The van der Waals surface area contributed by atoms with Crippen molar-refractivity contribution < 1.29 is 19.2 Å². The van der Waals surface area contributed by atoms with Crippen LogP contribution in [-0.4, -0.2) is 59.1 Å². The van der Waals surface area contributed by atoms with Gasteiger partial charge >= 0.3 is 0 Å². The quantitative estimate of drug-likeness (QED) is 0.0456. The molecule has 0 aliphatic rings. The molecule has 12 heteroatoms. The molecule has 0 bridgehead atoms. The Balaban J connectivity index is 1.48. The number of benzene rings is 3. The smallest absolute Gasteiger partial charge is 0.243 e. The molecule has 3 amide bonds. The minimum atomic E-state index is -0.976. The molecule has 3 atom stereocenters. The first-order valence-corrected chi connectivity index (χ1v) is 17.4. The number of amides is 3. The third-order valence-electron chi connectivity index (χ3n) is 8.03. The van der Waals surface area contributed by atoms with Gasteiger partial charge in [0.25, 0.3) is 0 Å². The van der Waals surface area contributed by atoms with Crippen LogP contribution in [0.2, 0.25) is 0 Å². The molecule has 0 unspecified atom stereocenters. The van der Waals surface area contributed by atoms with E-state index in [0.29, 0.717) is 31.2 Å². The summed E-state index contributed by atoms with van der Waals surface area (Å²) in [5.74, 6) is -1.96. The number of hydrogen-bond donors (Lipinski definition) is 5. The summed E-state index contributed by atoms with van der Waals surface area (Å²) in [6.45, 7) is 3.90. The summed E-state index contributed by atoms with van der Waals surface area (Å²) in [7, 11) is 0. The number of guanidine groups is 1. The van der Waals surface area contributed by atoms with E-state index in [4.69, 9.17) is 11.5 Å². The molecule has 0 spiro atoms.